The Kier molecular flexibility index (Phi) is 6.29. The SMILES string of the molecule is CN(C)C(=O)N(COCCCl)c1ccc(C(F)(F)F)cc1. The van der Waals surface area contributed by atoms with Crippen molar-refractivity contribution in [2.45, 2.75) is 6.18 Å². The molecule has 0 saturated heterocycles. The maximum absolute atomic E-state index is 12.5. The zero-order valence-corrected chi connectivity index (χ0v) is 12.4. The number of urea groups is 1. The lowest BCUT2D eigenvalue weighted by molar-refractivity contribution is -0.137. The summed E-state index contributed by atoms with van der Waals surface area (Å²) in [5.41, 5.74) is -0.457. The number of hydrogen-bond acceptors (Lipinski definition) is 2. The molecule has 2 amide bonds. The first kappa shape index (κ1) is 17.6. The highest BCUT2D eigenvalue weighted by atomic mass is 35.5. The molecule has 0 atom stereocenters. The van der Waals surface area contributed by atoms with Gasteiger partial charge in [0.25, 0.3) is 0 Å². The van der Waals surface area contributed by atoms with Crippen molar-refractivity contribution in [2.24, 2.45) is 0 Å². The van der Waals surface area contributed by atoms with E-state index in [9.17, 15) is 18.0 Å². The fraction of sp³-hybridized carbons (Fsp3) is 0.462. The molecular formula is C13H16ClF3N2O2. The molecule has 0 heterocycles. The van der Waals surface area contributed by atoms with Gasteiger partial charge < -0.3 is 9.64 Å². The summed E-state index contributed by atoms with van der Waals surface area (Å²) in [4.78, 5) is 14.6. The highest BCUT2D eigenvalue weighted by Gasteiger charge is 2.30. The topological polar surface area (TPSA) is 32.8 Å². The maximum atomic E-state index is 12.5. The van der Waals surface area contributed by atoms with E-state index >= 15 is 0 Å². The summed E-state index contributed by atoms with van der Waals surface area (Å²) in [7, 11) is 3.09. The lowest BCUT2D eigenvalue weighted by Gasteiger charge is -2.26. The summed E-state index contributed by atoms with van der Waals surface area (Å²) in [5, 5.41) is 0. The van der Waals surface area contributed by atoms with Crippen molar-refractivity contribution in [1.82, 2.24) is 4.90 Å². The molecule has 0 saturated carbocycles. The van der Waals surface area contributed by atoms with Crippen LogP contribution in [0.3, 0.4) is 0 Å². The van der Waals surface area contributed by atoms with Crippen molar-refractivity contribution in [1.29, 1.82) is 0 Å². The number of hydrogen-bond donors (Lipinski definition) is 0. The van der Waals surface area contributed by atoms with Crippen LogP contribution in [0.25, 0.3) is 0 Å². The van der Waals surface area contributed by atoms with Gasteiger partial charge in [-0.1, -0.05) is 0 Å². The van der Waals surface area contributed by atoms with Crippen molar-refractivity contribution in [3.63, 3.8) is 0 Å². The molecule has 1 aromatic rings. The number of halogens is 4. The Bertz CT molecular complexity index is 463. The molecule has 0 aliphatic carbocycles. The van der Waals surface area contributed by atoms with E-state index in [0.29, 0.717) is 5.69 Å². The third kappa shape index (κ3) is 5.09. The molecule has 21 heavy (non-hydrogen) atoms. The molecule has 1 rings (SSSR count). The molecule has 0 unspecified atom stereocenters. The normalized spacial score (nSPS) is 11.3. The Morgan fingerprint density at radius 2 is 1.81 bits per heavy atom. The number of carbonyl (C=O) groups excluding carboxylic acids is 1. The second-order valence-electron chi connectivity index (χ2n) is 4.38. The summed E-state index contributed by atoms with van der Waals surface area (Å²) in [6.45, 7) is 0.147. The van der Waals surface area contributed by atoms with Crippen molar-refractivity contribution in [3.8, 4) is 0 Å². The van der Waals surface area contributed by atoms with E-state index in [2.05, 4.69) is 0 Å². The van der Waals surface area contributed by atoms with Crippen molar-refractivity contribution in [3.05, 3.63) is 29.8 Å². The first-order valence-electron chi connectivity index (χ1n) is 6.07. The van der Waals surface area contributed by atoms with Crippen LogP contribution in [-0.2, 0) is 10.9 Å². The third-order valence-electron chi connectivity index (χ3n) is 2.56. The zero-order valence-electron chi connectivity index (χ0n) is 11.7. The lowest BCUT2D eigenvalue weighted by Crippen LogP contribution is -2.40. The van der Waals surface area contributed by atoms with Gasteiger partial charge in [-0.2, -0.15) is 13.2 Å². The van der Waals surface area contributed by atoms with Gasteiger partial charge in [0.2, 0.25) is 0 Å². The van der Waals surface area contributed by atoms with Gasteiger partial charge in [-0.25, -0.2) is 4.79 Å². The van der Waals surface area contributed by atoms with E-state index in [1.54, 1.807) is 14.1 Å². The third-order valence-corrected chi connectivity index (χ3v) is 2.72. The molecule has 0 spiro atoms. The van der Waals surface area contributed by atoms with Gasteiger partial charge in [0, 0.05) is 25.7 Å². The monoisotopic (exact) mass is 324 g/mol. The van der Waals surface area contributed by atoms with Crippen LogP contribution in [0, 0.1) is 0 Å². The fourth-order valence-electron chi connectivity index (χ4n) is 1.52. The standard InChI is InChI=1S/C13H16ClF3N2O2/c1-18(2)12(20)19(9-21-8-7-14)11-5-3-10(4-6-11)13(15,16)17/h3-6H,7-9H2,1-2H3. The van der Waals surface area contributed by atoms with Crippen LogP contribution in [0.5, 0.6) is 0 Å². The van der Waals surface area contributed by atoms with E-state index in [0.717, 1.165) is 12.1 Å². The van der Waals surface area contributed by atoms with Crippen molar-refractivity contribution in [2.75, 3.05) is 38.2 Å². The Balaban J connectivity index is 2.94. The van der Waals surface area contributed by atoms with E-state index in [1.165, 1.54) is 21.9 Å². The Morgan fingerprint density at radius 3 is 2.24 bits per heavy atom. The predicted octanol–water partition coefficient (Wildman–Crippen LogP) is 3.41. The Morgan fingerprint density at radius 1 is 1.24 bits per heavy atom. The van der Waals surface area contributed by atoms with Crippen LogP contribution < -0.4 is 4.90 Å². The number of carbonyl (C=O) groups is 1. The van der Waals surface area contributed by atoms with Crippen molar-refractivity contribution >= 4 is 23.3 Å². The smallest absolute Gasteiger partial charge is 0.359 e. The molecule has 0 bridgehead atoms. The molecule has 0 aliphatic heterocycles. The summed E-state index contributed by atoms with van der Waals surface area (Å²) >= 11 is 5.48. The zero-order chi connectivity index (χ0) is 16.0. The van der Waals surface area contributed by atoms with Crippen LogP contribution in [0.15, 0.2) is 24.3 Å². The summed E-state index contributed by atoms with van der Waals surface area (Å²) in [6.07, 6.45) is -4.41. The van der Waals surface area contributed by atoms with E-state index < -0.39 is 17.8 Å². The largest absolute Gasteiger partial charge is 0.416 e. The summed E-state index contributed by atoms with van der Waals surface area (Å²) in [5.74, 6) is 0.261. The minimum atomic E-state index is -4.41. The minimum absolute atomic E-state index is 0.0882. The van der Waals surface area contributed by atoms with Gasteiger partial charge in [0.05, 0.1) is 12.2 Å². The van der Waals surface area contributed by atoms with Crippen LogP contribution >= 0.6 is 11.6 Å². The van der Waals surface area contributed by atoms with Crippen LogP contribution in [-0.4, -0.2) is 44.2 Å². The molecule has 4 nitrogen and oxygen atoms in total. The lowest BCUT2D eigenvalue weighted by atomic mass is 10.2. The highest BCUT2D eigenvalue weighted by molar-refractivity contribution is 6.17. The average Bonchev–Trinajstić information content (AvgIpc) is 2.42. The number of alkyl halides is 4. The minimum Gasteiger partial charge on any atom is -0.359 e. The van der Waals surface area contributed by atoms with Gasteiger partial charge in [-0.15, -0.1) is 11.6 Å². The van der Waals surface area contributed by atoms with E-state index in [1.807, 2.05) is 0 Å². The summed E-state index contributed by atoms with van der Waals surface area (Å²) < 4.78 is 42.8. The average molecular weight is 325 g/mol. The number of rotatable bonds is 5. The highest BCUT2D eigenvalue weighted by Crippen LogP contribution is 2.30. The van der Waals surface area contributed by atoms with Gasteiger partial charge in [-0.05, 0) is 24.3 Å². The molecule has 8 heteroatoms. The first-order chi connectivity index (χ1) is 9.77. The quantitative estimate of drug-likeness (QED) is 0.472. The number of ether oxygens (including phenoxy) is 1. The Labute approximate surface area is 126 Å². The molecule has 0 N–H and O–H groups in total. The van der Waals surface area contributed by atoms with Crippen LogP contribution in [0.1, 0.15) is 5.56 Å². The second kappa shape index (κ2) is 7.51. The number of benzene rings is 1. The van der Waals surface area contributed by atoms with E-state index in [-0.39, 0.29) is 19.2 Å². The molecule has 0 aromatic heterocycles. The van der Waals surface area contributed by atoms with Crippen molar-refractivity contribution < 1.29 is 22.7 Å². The van der Waals surface area contributed by atoms with Gasteiger partial charge in [0.1, 0.15) is 6.73 Å². The first-order valence-corrected chi connectivity index (χ1v) is 6.60. The molecule has 0 fully saturated rings. The number of anilines is 1. The van der Waals surface area contributed by atoms with Gasteiger partial charge >= 0.3 is 12.2 Å². The summed E-state index contributed by atoms with van der Waals surface area (Å²) in [6, 6.07) is 3.91. The number of amides is 2. The second-order valence-corrected chi connectivity index (χ2v) is 4.75. The number of nitrogens with zero attached hydrogens (tertiary/aromatic N) is 2. The van der Waals surface area contributed by atoms with Gasteiger partial charge in [0.15, 0.2) is 0 Å². The molecule has 118 valence electrons. The predicted molar refractivity (Wildman–Crippen MR) is 74.5 cm³/mol. The maximum Gasteiger partial charge on any atom is 0.416 e. The molecule has 0 aliphatic rings. The van der Waals surface area contributed by atoms with Crippen LogP contribution in [0.2, 0.25) is 0 Å². The van der Waals surface area contributed by atoms with E-state index in [4.69, 9.17) is 16.3 Å². The van der Waals surface area contributed by atoms with Crippen LogP contribution in [0.4, 0.5) is 23.7 Å². The molecular weight excluding hydrogens is 309 g/mol. The molecule has 0 radical (unpaired) electrons. The Hall–Kier alpha value is -1.47. The van der Waals surface area contributed by atoms with Gasteiger partial charge in [-0.3, -0.25) is 4.90 Å². The fourth-order valence-corrected chi connectivity index (χ4v) is 1.63. The molecule has 1 aromatic carbocycles.